The van der Waals surface area contributed by atoms with Crippen LogP contribution in [0, 0.1) is 5.92 Å². The fraction of sp³-hybridized carbons (Fsp3) is 0.371. The molecule has 0 radical (unpaired) electrons. The van der Waals surface area contributed by atoms with Gasteiger partial charge in [0.2, 0.25) is 0 Å². The van der Waals surface area contributed by atoms with Gasteiger partial charge in [-0.2, -0.15) is 0 Å². The minimum absolute atomic E-state index is 0.0420. The van der Waals surface area contributed by atoms with Crippen molar-refractivity contribution in [2.45, 2.75) is 40.3 Å². The van der Waals surface area contributed by atoms with Crippen molar-refractivity contribution >= 4 is 17.4 Å². The molecule has 8 heteroatoms. The van der Waals surface area contributed by atoms with Gasteiger partial charge in [-0.05, 0) is 66.5 Å². The maximum absolute atomic E-state index is 13.5. The number of hydrogen-bond acceptors (Lipinski definition) is 7. The van der Waals surface area contributed by atoms with E-state index in [1.165, 1.54) is 0 Å². The molecule has 43 heavy (non-hydrogen) atoms. The first kappa shape index (κ1) is 31.6. The molecule has 0 bridgehead atoms. The van der Waals surface area contributed by atoms with E-state index in [4.69, 9.17) is 14.2 Å². The minimum atomic E-state index is -0.801. The molecular formula is C35H42N2O6. The predicted molar refractivity (Wildman–Crippen MR) is 167 cm³/mol. The van der Waals surface area contributed by atoms with Crippen molar-refractivity contribution in [1.82, 2.24) is 9.80 Å². The molecular weight excluding hydrogens is 544 g/mol. The highest BCUT2D eigenvalue weighted by molar-refractivity contribution is 6.46. The van der Waals surface area contributed by atoms with E-state index in [-0.39, 0.29) is 11.3 Å². The van der Waals surface area contributed by atoms with Crippen LogP contribution >= 0.6 is 0 Å². The molecule has 8 nitrogen and oxygen atoms in total. The monoisotopic (exact) mass is 586 g/mol. The summed E-state index contributed by atoms with van der Waals surface area (Å²) in [6.07, 6.45) is 0. The fourth-order valence-corrected chi connectivity index (χ4v) is 5.08. The standard InChI is InChI=1S/C35H42N2O6/c1-6-36(7-2)19-20-37-32(27-15-18-29(30(21-27)41-5)43-23-25-11-9-8-10-12-25)31(34(39)35(37)40)33(38)26-13-16-28(17-14-26)42-22-24(3)4/h8-18,21,24,32,38H,6-7,19-20,22-23H2,1-5H3/b33-31+. The molecule has 1 aliphatic heterocycles. The van der Waals surface area contributed by atoms with Gasteiger partial charge in [0.25, 0.3) is 11.7 Å². The number of amides is 1. The molecule has 0 saturated carbocycles. The zero-order valence-electron chi connectivity index (χ0n) is 25.7. The van der Waals surface area contributed by atoms with Crippen molar-refractivity contribution in [1.29, 1.82) is 0 Å². The quantitative estimate of drug-likeness (QED) is 0.139. The summed E-state index contributed by atoms with van der Waals surface area (Å²) in [4.78, 5) is 30.7. The maximum Gasteiger partial charge on any atom is 0.295 e. The zero-order chi connectivity index (χ0) is 30.9. The first-order chi connectivity index (χ1) is 20.8. The van der Waals surface area contributed by atoms with Gasteiger partial charge in [0.15, 0.2) is 11.5 Å². The van der Waals surface area contributed by atoms with Crippen molar-refractivity contribution in [2.75, 3.05) is 39.9 Å². The molecule has 0 aromatic heterocycles. The summed E-state index contributed by atoms with van der Waals surface area (Å²) in [5.41, 5.74) is 2.12. The van der Waals surface area contributed by atoms with E-state index in [9.17, 15) is 14.7 Å². The summed E-state index contributed by atoms with van der Waals surface area (Å²) in [6, 6.07) is 21.3. The largest absolute Gasteiger partial charge is 0.507 e. The molecule has 1 amide bonds. The molecule has 1 aliphatic rings. The Bertz CT molecular complexity index is 1410. The summed E-state index contributed by atoms with van der Waals surface area (Å²) in [5.74, 6) is 0.448. The summed E-state index contributed by atoms with van der Waals surface area (Å²) in [6.45, 7) is 11.7. The third-order valence-corrected chi connectivity index (χ3v) is 7.54. The number of methoxy groups -OCH3 is 1. The van der Waals surface area contributed by atoms with Crippen molar-refractivity contribution < 1.29 is 28.9 Å². The molecule has 3 aromatic rings. The minimum Gasteiger partial charge on any atom is -0.507 e. The van der Waals surface area contributed by atoms with Gasteiger partial charge in [0.05, 0.1) is 25.3 Å². The average molecular weight is 587 g/mol. The Morgan fingerprint density at radius 1 is 0.930 bits per heavy atom. The second-order valence-corrected chi connectivity index (χ2v) is 10.9. The van der Waals surface area contributed by atoms with Crippen molar-refractivity contribution in [2.24, 2.45) is 5.92 Å². The first-order valence-corrected chi connectivity index (χ1v) is 14.9. The Morgan fingerprint density at radius 2 is 1.63 bits per heavy atom. The van der Waals surface area contributed by atoms with Crippen LogP contribution in [0.15, 0.2) is 78.4 Å². The number of benzene rings is 3. The zero-order valence-corrected chi connectivity index (χ0v) is 25.7. The third kappa shape index (κ3) is 7.56. The van der Waals surface area contributed by atoms with Crippen LogP contribution in [-0.2, 0) is 16.2 Å². The van der Waals surface area contributed by atoms with Crippen molar-refractivity contribution in [3.63, 3.8) is 0 Å². The molecule has 228 valence electrons. The molecule has 4 rings (SSSR count). The number of aliphatic hydroxyl groups is 1. The Labute approximate surface area is 254 Å². The molecule has 1 N–H and O–H groups in total. The van der Waals surface area contributed by atoms with E-state index >= 15 is 0 Å². The van der Waals surface area contributed by atoms with Gasteiger partial charge < -0.3 is 29.1 Å². The van der Waals surface area contributed by atoms with Crippen LogP contribution in [0.5, 0.6) is 17.2 Å². The summed E-state index contributed by atoms with van der Waals surface area (Å²) >= 11 is 0. The average Bonchev–Trinajstić information content (AvgIpc) is 3.28. The van der Waals surface area contributed by atoms with Crippen LogP contribution in [0.25, 0.3) is 5.76 Å². The summed E-state index contributed by atoms with van der Waals surface area (Å²) in [5, 5.41) is 11.5. The van der Waals surface area contributed by atoms with Crippen molar-refractivity contribution in [3.05, 3.63) is 95.1 Å². The molecule has 1 fully saturated rings. The van der Waals surface area contributed by atoms with Crippen LogP contribution in [0.2, 0.25) is 0 Å². The number of carbonyl (C=O) groups is 2. The number of ether oxygens (including phenoxy) is 3. The van der Waals surface area contributed by atoms with Crippen LogP contribution in [0.3, 0.4) is 0 Å². The van der Waals surface area contributed by atoms with Gasteiger partial charge in [-0.15, -0.1) is 0 Å². The van der Waals surface area contributed by atoms with Gasteiger partial charge in [-0.25, -0.2) is 0 Å². The first-order valence-electron chi connectivity index (χ1n) is 14.9. The lowest BCUT2D eigenvalue weighted by Gasteiger charge is -2.28. The van der Waals surface area contributed by atoms with Gasteiger partial charge in [0, 0.05) is 18.7 Å². The van der Waals surface area contributed by atoms with Crippen molar-refractivity contribution in [3.8, 4) is 17.2 Å². The number of hydrogen-bond donors (Lipinski definition) is 1. The SMILES string of the molecule is CCN(CC)CCN1C(=O)C(=O)/C(=C(/O)c2ccc(OCC(C)C)cc2)C1c1ccc(OCc2ccccc2)c(OC)c1. The molecule has 1 unspecified atom stereocenters. The highest BCUT2D eigenvalue weighted by Gasteiger charge is 2.46. The lowest BCUT2D eigenvalue weighted by atomic mass is 9.95. The van der Waals surface area contributed by atoms with E-state index in [2.05, 4.69) is 32.6 Å². The molecule has 1 atom stereocenters. The van der Waals surface area contributed by atoms with Gasteiger partial charge in [0.1, 0.15) is 18.1 Å². The summed E-state index contributed by atoms with van der Waals surface area (Å²) < 4.78 is 17.5. The normalized spacial score (nSPS) is 16.3. The number of rotatable bonds is 14. The third-order valence-electron chi connectivity index (χ3n) is 7.54. The molecule has 1 heterocycles. The number of ketones is 1. The van der Waals surface area contributed by atoms with Crippen LogP contribution in [-0.4, -0.2) is 66.5 Å². The molecule has 0 aliphatic carbocycles. The smallest absolute Gasteiger partial charge is 0.295 e. The maximum atomic E-state index is 13.5. The van der Waals surface area contributed by atoms with Gasteiger partial charge in [-0.3, -0.25) is 9.59 Å². The Balaban J connectivity index is 1.72. The topological polar surface area (TPSA) is 88.5 Å². The number of likely N-dealkylation sites (tertiary alicyclic amines) is 1. The van der Waals surface area contributed by atoms with E-state index in [0.717, 1.165) is 18.7 Å². The van der Waals surface area contributed by atoms with Gasteiger partial charge in [-0.1, -0.05) is 64.1 Å². The Hall–Kier alpha value is -4.30. The Morgan fingerprint density at radius 3 is 2.26 bits per heavy atom. The molecule has 3 aromatic carbocycles. The number of likely N-dealkylation sites (N-methyl/N-ethyl adjacent to an activating group) is 1. The number of nitrogens with zero attached hydrogens (tertiary/aromatic N) is 2. The highest BCUT2D eigenvalue weighted by atomic mass is 16.5. The number of carbonyl (C=O) groups excluding carboxylic acids is 2. The highest BCUT2D eigenvalue weighted by Crippen LogP contribution is 2.42. The van der Waals surface area contributed by atoms with E-state index in [1.807, 2.05) is 36.4 Å². The fourth-order valence-electron chi connectivity index (χ4n) is 5.08. The summed E-state index contributed by atoms with van der Waals surface area (Å²) in [7, 11) is 1.55. The van der Waals surface area contributed by atoms with E-state index in [0.29, 0.717) is 60.6 Å². The van der Waals surface area contributed by atoms with E-state index in [1.54, 1.807) is 48.4 Å². The lowest BCUT2D eigenvalue weighted by molar-refractivity contribution is -0.140. The predicted octanol–water partition coefficient (Wildman–Crippen LogP) is 6.07. The van der Waals surface area contributed by atoms with E-state index < -0.39 is 17.7 Å². The van der Waals surface area contributed by atoms with Crippen LogP contribution in [0.1, 0.15) is 50.4 Å². The second-order valence-electron chi connectivity index (χ2n) is 10.9. The molecule has 0 spiro atoms. The molecule has 1 saturated heterocycles. The lowest BCUT2D eigenvalue weighted by Crippen LogP contribution is -2.38. The van der Waals surface area contributed by atoms with Crippen LogP contribution in [0.4, 0.5) is 0 Å². The second kappa shape index (κ2) is 14.7. The number of Topliss-reactive ketones (excluding diaryl/α,β-unsaturated/α-hetero) is 1. The Kier molecular flexibility index (Phi) is 10.8. The number of aliphatic hydroxyl groups excluding tert-OH is 1. The van der Waals surface area contributed by atoms with Crippen LogP contribution < -0.4 is 14.2 Å². The van der Waals surface area contributed by atoms with Gasteiger partial charge >= 0.3 is 0 Å².